The Balaban J connectivity index is 3.04. The number of aromatic amines is 1. The SMILES string of the molecule is C#CC(C)(O)c1ccc(C)[nH]1. The molecule has 0 aliphatic rings. The van der Waals surface area contributed by atoms with Gasteiger partial charge in [-0.1, -0.05) is 5.92 Å². The molecule has 0 spiro atoms. The largest absolute Gasteiger partial charge is 0.372 e. The Labute approximate surface area is 66.3 Å². The van der Waals surface area contributed by atoms with Crippen LogP contribution in [0, 0.1) is 19.3 Å². The van der Waals surface area contributed by atoms with Gasteiger partial charge in [-0.2, -0.15) is 0 Å². The van der Waals surface area contributed by atoms with Crippen LogP contribution in [0.3, 0.4) is 0 Å². The minimum Gasteiger partial charge on any atom is -0.372 e. The van der Waals surface area contributed by atoms with Crippen LogP contribution in [-0.4, -0.2) is 10.1 Å². The molecule has 0 bridgehead atoms. The molecule has 1 aromatic rings. The fourth-order valence-electron chi connectivity index (χ4n) is 0.866. The maximum atomic E-state index is 9.54. The number of H-pyrrole nitrogens is 1. The molecule has 0 aliphatic carbocycles. The van der Waals surface area contributed by atoms with Crippen molar-refractivity contribution in [3.8, 4) is 12.3 Å². The summed E-state index contributed by atoms with van der Waals surface area (Å²) in [5.74, 6) is 2.30. The average Bonchev–Trinajstić information content (AvgIpc) is 2.36. The van der Waals surface area contributed by atoms with Crippen molar-refractivity contribution in [3.63, 3.8) is 0 Å². The molecule has 0 amide bonds. The normalized spacial score (nSPS) is 15.5. The van der Waals surface area contributed by atoms with E-state index < -0.39 is 5.60 Å². The average molecular weight is 149 g/mol. The molecule has 0 saturated heterocycles. The highest BCUT2D eigenvalue weighted by Crippen LogP contribution is 2.17. The molecule has 1 atom stereocenters. The minimum absolute atomic E-state index is 0.664. The van der Waals surface area contributed by atoms with Gasteiger partial charge in [0.15, 0.2) is 5.60 Å². The lowest BCUT2D eigenvalue weighted by Gasteiger charge is -2.13. The molecule has 0 aromatic carbocycles. The summed E-state index contributed by atoms with van der Waals surface area (Å²) in [6.07, 6.45) is 5.13. The van der Waals surface area contributed by atoms with E-state index in [1.165, 1.54) is 0 Å². The van der Waals surface area contributed by atoms with Gasteiger partial charge in [-0.15, -0.1) is 6.42 Å². The number of aromatic nitrogens is 1. The lowest BCUT2D eigenvalue weighted by atomic mass is 10.1. The summed E-state index contributed by atoms with van der Waals surface area (Å²) < 4.78 is 0. The highest BCUT2D eigenvalue weighted by molar-refractivity contribution is 5.25. The van der Waals surface area contributed by atoms with Crippen LogP contribution in [0.15, 0.2) is 12.1 Å². The van der Waals surface area contributed by atoms with Crippen LogP contribution in [0.2, 0.25) is 0 Å². The maximum Gasteiger partial charge on any atom is 0.162 e. The highest BCUT2D eigenvalue weighted by Gasteiger charge is 2.20. The maximum absolute atomic E-state index is 9.54. The molecule has 0 radical (unpaired) electrons. The number of rotatable bonds is 1. The molecule has 2 nitrogen and oxygen atoms in total. The Hall–Kier alpha value is -1.20. The van der Waals surface area contributed by atoms with E-state index >= 15 is 0 Å². The highest BCUT2D eigenvalue weighted by atomic mass is 16.3. The monoisotopic (exact) mass is 149 g/mol. The number of aryl methyl sites for hydroxylation is 1. The van der Waals surface area contributed by atoms with Crippen molar-refractivity contribution >= 4 is 0 Å². The van der Waals surface area contributed by atoms with Gasteiger partial charge in [0.05, 0.1) is 5.69 Å². The summed E-state index contributed by atoms with van der Waals surface area (Å²) in [5, 5.41) is 9.54. The molecule has 1 unspecified atom stereocenters. The van der Waals surface area contributed by atoms with Gasteiger partial charge in [-0.3, -0.25) is 0 Å². The molecule has 58 valence electrons. The van der Waals surface area contributed by atoms with Crippen LogP contribution in [0.25, 0.3) is 0 Å². The lowest BCUT2D eigenvalue weighted by Crippen LogP contribution is -2.18. The molecule has 1 heterocycles. The first-order valence-electron chi connectivity index (χ1n) is 3.42. The van der Waals surface area contributed by atoms with Gasteiger partial charge in [-0.05, 0) is 26.0 Å². The van der Waals surface area contributed by atoms with Crippen LogP contribution in [0.1, 0.15) is 18.3 Å². The van der Waals surface area contributed by atoms with Crippen LogP contribution in [0.4, 0.5) is 0 Å². The first-order chi connectivity index (χ1) is 5.06. The molecule has 1 aromatic heterocycles. The molecule has 0 saturated carbocycles. The van der Waals surface area contributed by atoms with Gasteiger partial charge in [0.1, 0.15) is 0 Å². The summed E-state index contributed by atoms with van der Waals surface area (Å²) in [6.45, 7) is 3.49. The lowest BCUT2D eigenvalue weighted by molar-refractivity contribution is 0.118. The van der Waals surface area contributed by atoms with Crippen molar-refractivity contribution < 1.29 is 5.11 Å². The standard InChI is InChI=1S/C9H11NO/c1-4-9(3,11)8-6-5-7(2)10-8/h1,5-6,10-11H,2-3H3. The van der Waals surface area contributed by atoms with Crippen LogP contribution in [0.5, 0.6) is 0 Å². The second-order valence-corrected chi connectivity index (χ2v) is 2.77. The number of aliphatic hydroxyl groups is 1. The molecule has 0 aliphatic heterocycles. The summed E-state index contributed by atoms with van der Waals surface area (Å²) in [6, 6.07) is 3.66. The van der Waals surface area contributed by atoms with Crippen LogP contribution in [-0.2, 0) is 5.60 Å². The van der Waals surface area contributed by atoms with Crippen molar-refractivity contribution in [2.75, 3.05) is 0 Å². The molecular formula is C9H11NO. The predicted molar refractivity (Wildman–Crippen MR) is 43.9 cm³/mol. The second-order valence-electron chi connectivity index (χ2n) is 2.77. The van der Waals surface area contributed by atoms with Crippen molar-refractivity contribution in [1.29, 1.82) is 0 Å². The van der Waals surface area contributed by atoms with E-state index in [1.807, 2.05) is 13.0 Å². The third kappa shape index (κ3) is 1.44. The fraction of sp³-hybridized carbons (Fsp3) is 0.333. The van der Waals surface area contributed by atoms with E-state index in [4.69, 9.17) is 6.42 Å². The van der Waals surface area contributed by atoms with Gasteiger partial charge < -0.3 is 10.1 Å². The predicted octanol–water partition coefficient (Wildman–Crippen LogP) is 1.16. The second kappa shape index (κ2) is 2.44. The summed E-state index contributed by atoms with van der Waals surface area (Å²) in [4.78, 5) is 2.97. The van der Waals surface area contributed by atoms with E-state index in [2.05, 4.69) is 10.9 Å². The first-order valence-corrected chi connectivity index (χ1v) is 3.42. The summed E-state index contributed by atoms with van der Waals surface area (Å²) in [5.41, 5.74) is 0.488. The van der Waals surface area contributed by atoms with Crippen molar-refractivity contribution in [2.45, 2.75) is 19.4 Å². The number of terminal acetylenes is 1. The smallest absolute Gasteiger partial charge is 0.162 e. The van der Waals surface area contributed by atoms with Gasteiger partial charge in [0.25, 0.3) is 0 Å². The van der Waals surface area contributed by atoms with E-state index in [-0.39, 0.29) is 0 Å². The van der Waals surface area contributed by atoms with Crippen molar-refractivity contribution in [2.24, 2.45) is 0 Å². The Morgan fingerprint density at radius 3 is 2.64 bits per heavy atom. The zero-order chi connectivity index (χ0) is 8.48. The fourth-order valence-corrected chi connectivity index (χ4v) is 0.866. The molecule has 0 fully saturated rings. The molecule has 11 heavy (non-hydrogen) atoms. The van der Waals surface area contributed by atoms with Crippen LogP contribution >= 0.6 is 0 Å². The number of hydrogen-bond acceptors (Lipinski definition) is 1. The number of hydrogen-bond donors (Lipinski definition) is 2. The Bertz CT molecular complexity index is 291. The summed E-state index contributed by atoms with van der Waals surface area (Å²) >= 11 is 0. The van der Waals surface area contributed by atoms with E-state index in [0.717, 1.165) is 5.69 Å². The zero-order valence-corrected chi connectivity index (χ0v) is 6.68. The van der Waals surface area contributed by atoms with Crippen LogP contribution < -0.4 is 0 Å². The topological polar surface area (TPSA) is 36.0 Å². The van der Waals surface area contributed by atoms with Gasteiger partial charge in [0, 0.05) is 5.69 Å². The molecule has 2 N–H and O–H groups in total. The van der Waals surface area contributed by atoms with Gasteiger partial charge in [-0.25, -0.2) is 0 Å². The van der Waals surface area contributed by atoms with E-state index in [9.17, 15) is 5.11 Å². The van der Waals surface area contributed by atoms with E-state index in [0.29, 0.717) is 5.69 Å². The molecular weight excluding hydrogens is 138 g/mol. The third-order valence-electron chi connectivity index (χ3n) is 1.64. The third-order valence-corrected chi connectivity index (χ3v) is 1.64. The Kier molecular flexibility index (Phi) is 1.76. The van der Waals surface area contributed by atoms with Crippen molar-refractivity contribution in [1.82, 2.24) is 4.98 Å². The quantitative estimate of drug-likeness (QED) is 0.577. The van der Waals surface area contributed by atoms with E-state index in [1.54, 1.807) is 13.0 Å². The number of nitrogens with one attached hydrogen (secondary N) is 1. The zero-order valence-electron chi connectivity index (χ0n) is 6.68. The Morgan fingerprint density at radius 2 is 2.27 bits per heavy atom. The van der Waals surface area contributed by atoms with Crippen molar-refractivity contribution in [3.05, 3.63) is 23.5 Å². The molecule has 1 rings (SSSR count). The Morgan fingerprint density at radius 1 is 1.64 bits per heavy atom. The van der Waals surface area contributed by atoms with Gasteiger partial charge >= 0.3 is 0 Å². The van der Waals surface area contributed by atoms with Gasteiger partial charge in [0.2, 0.25) is 0 Å². The molecule has 2 heteroatoms. The summed E-state index contributed by atoms with van der Waals surface area (Å²) in [7, 11) is 0. The minimum atomic E-state index is -1.17. The first kappa shape index (κ1) is 7.90.